The quantitative estimate of drug-likeness (QED) is 0.675. The molecule has 0 aliphatic heterocycles. The summed E-state index contributed by atoms with van der Waals surface area (Å²) >= 11 is 0. The largest absolute Gasteiger partial charge is 0.0651 e. The van der Waals surface area contributed by atoms with Crippen LogP contribution in [0.3, 0.4) is 0 Å². The van der Waals surface area contributed by atoms with Crippen LogP contribution in [0, 0.1) is 6.92 Å². The van der Waals surface area contributed by atoms with Gasteiger partial charge in [-0.05, 0) is 42.5 Å². The van der Waals surface area contributed by atoms with Crippen molar-refractivity contribution < 1.29 is 0 Å². The Bertz CT molecular complexity index is 716. The minimum atomic E-state index is 0.421. The second-order valence-electron chi connectivity index (χ2n) is 5.96. The van der Waals surface area contributed by atoms with Crippen molar-refractivity contribution in [3.8, 4) is 0 Å². The fourth-order valence-corrected chi connectivity index (χ4v) is 3.07. The second kappa shape index (κ2) is 5.73. The van der Waals surface area contributed by atoms with Gasteiger partial charge >= 0.3 is 0 Å². The van der Waals surface area contributed by atoms with Crippen LogP contribution in [-0.4, -0.2) is 0 Å². The summed E-state index contributed by atoms with van der Waals surface area (Å²) in [5, 5.41) is 0. The molecule has 106 valence electrons. The van der Waals surface area contributed by atoms with Crippen LogP contribution >= 0.6 is 0 Å². The maximum Gasteiger partial charge on any atom is 0.0237 e. The first-order valence-electron chi connectivity index (χ1n) is 7.73. The van der Waals surface area contributed by atoms with Crippen LogP contribution in [0.15, 0.2) is 66.3 Å². The minimum absolute atomic E-state index is 0.421. The summed E-state index contributed by atoms with van der Waals surface area (Å²) < 4.78 is 0. The van der Waals surface area contributed by atoms with Gasteiger partial charge in [0.2, 0.25) is 0 Å². The SMILES string of the molecule is CCc1cccc(C2=CC(c3cccc(C)c3)C(C)=C2)c1. The highest BCUT2D eigenvalue weighted by molar-refractivity contribution is 5.79. The topological polar surface area (TPSA) is 0 Å². The van der Waals surface area contributed by atoms with E-state index in [1.807, 2.05) is 0 Å². The lowest BCUT2D eigenvalue weighted by Crippen LogP contribution is -1.94. The monoisotopic (exact) mass is 274 g/mol. The zero-order valence-electron chi connectivity index (χ0n) is 13.1. The molecule has 1 unspecified atom stereocenters. The Morgan fingerprint density at radius 1 is 0.952 bits per heavy atom. The molecular weight excluding hydrogens is 252 g/mol. The molecule has 0 spiro atoms. The summed E-state index contributed by atoms with van der Waals surface area (Å²) in [6.07, 6.45) is 5.83. The van der Waals surface area contributed by atoms with E-state index in [-0.39, 0.29) is 0 Å². The van der Waals surface area contributed by atoms with E-state index < -0.39 is 0 Å². The Morgan fingerprint density at radius 3 is 2.52 bits per heavy atom. The van der Waals surface area contributed by atoms with Crippen molar-refractivity contribution in [2.24, 2.45) is 0 Å². The molecule has 0 heteroatoms. The molecule has 0 saturated carbocycles. The van der Waals surface area contributed by atoms with Crippen LogP contribution in [0.25, 0.3) is 5.57 Å². The Morgan fingerprint density at radius 2 is 1.76 bits per heavy atom. The molecule has 0 N–H and O–H groups in total. The van der Waals surface area contributed by atoms with E-state index in [1.54, 1.807) is 0 Å². The molecule has 1 atom stereocenters. The Kier molecular flexibility index (Phi) is 3.79. The molecule has 0 bridgehead atoms. The molecule has 1 aliphatic carbocycles. The van der Waals surface area contributed by atoms with E-state index in [0.29, 0.717) is 5.92 Å². The van der Waals surface area contributed by atoms with E-state index in [9.17, 15) is 0 Å². The van der Waals surface area contributed by atoms with Gasteiger partial charge in [0.1, 0.15) is 0 Å². The summed E-state index contributed by atoms with van der Waals surface area (Å²) in [6, 6.07) is 17.7. The minimum Gasteiger partial charge on any atom is -0.0651 e. The molecule has 0 saturated heterocycles. The van der Waals surface area contributed by atoms with Crippen LogP contribution in [0.5, 0.6) is 0 Å². The summed E-state index contributed by atoms with van der Waals surface area (Å²) in [7, 11) is 0. The maximum atomic E-state index is 2.40. The van der Waals surface area contributed by atoms with Crippen molar-refractivity contribution in [3.05, 3.63) is 88.5 Å². The van der Waals surface area contributed by atoms with Gasteiger partial charge in [0.25, 0.3) is 0 Å². The molecule has 2 aromatic carbocycles. The lowest BCUT2D eigenvalue weighted by atomic mass is 9.93. The number of hydrogen-bond donors (Lipinski definition) is 0. The molecule has 3 rings (SSSR count). The maximum absolute atomic E-state index is 2.40. The summed E-state index contributed by atoms with van der Waals surface area (Å²) in [6.45, 7) is 6.60. The predicted molar refractivity (Wildman–Crippen MR) is 91.5 cm³/mol. The zero-order valence-corrected chi connectivity index (χ0v) is 13.1. The van der Waals surface area contributed by atoms with Crippen molar-refractivity contribution >= 4 is 5.57 Å². The van der Waals surface area contributed by atoms with Gasteiger partial charge < -0.3 is 0 Å². The molecule has 2 aromatic rings. The first kappa shape index (κ1) is 13.9. The second-order valence-corrected chi connectivity index (χ2v) is 5.96. The first-order valence-corrected chi connectivity index (χ1v) is 7.73. The highest BCUT2D eigenvalue weighted by Gasteiger charge is 2.18. The van der Waals surface area contributed by atoms with E-state index >= 15 is 0 Å². The molecular formula is C21H22. The number of aryl methyl sites for hydroxylation is 2. The van der Waals surface area contributed by atoms with Crippen LogP contribution in [0.1, 0.15) is 42.0 Å². The third-order valence-electron chi connectivity index (χ3n) is 4.29. The van der Waals surface area contributed by atoms with Crippen molar-refractivity contribution in [2.75, 3.05) is 0 Å². The zero-order chi connectivity index (χ0) is 14.8. The average Bonchev–Trinajstić information content (AvgIpc) is 2.89. The highest BCUT2D eigenvalue weighted by atomic mass is 14.2. The van der Waals surface area contributed by atoms with E-state index in [2.05, 4.69) is 81.5 Å². The van der Waals surface area contributed by atoms with Crippen LogP contribution in [0.4, 0.5) is 0 Å². The normalized spacial score (nSPS) is 17.6. The van der Waals surface area contributed by atoms with Crippen LogP contribution in [-0.2, 0) is 6.42 Å². The molecule has 1 aliphatic rings. The van der Waals surface area contributed by atoms with Gasteiger partial charge in [0.15, 0.2) is 0 Å². The number of allylic oxidation sites excluding steroid dienone is 4. The van der Waals surface area contributed by atoms with Crippen molar-refractivity contribution in [1.29, 1.82) is 0 Å². The van der Waals surface area contributed by atoms with Gasteiger partial charge in [-0.25, -0.2) is 0 Å². The Balaban J connectivity index is 1.97. The van der Waals surface area contributed by atoms with Gasteiger partial charge in [-0.1, -0.05) is 78.7 Å². The molecule has 21 heavy (non-hydrogen) atoms. The lowest BCUT2D eigenvalue weighted by molar-refractivity contribution is 1.01. The smallest absolute Gasteiger partial charge is 0.0237 e. The van der Waals surface area contributed by atoms with Crippen LogP contribution in [0.2, 0.25) is 0 Å². The van der Waals surface area contributed by atoms with Gasteiger partial charge in [0, 0.05) is 5.92 Å². The van der Waals surface area contributed by atoms with Gasteiger partial charge in [-0.2, -0.15) is 0 Å². The van der Waals surface area contributed by atoms with Crippen molar-refractivity contribution in [1.82, 2.24) is 0 Å². The first-order chi connectivity index (χ1) is 10.2. The average molecular weight is 274 g/mol. The Hall–Kier alpha value is -2.08. The number of hydrogen-bond acceptors (Lipinski definition) is 0. The fourth-order valence-electron chi connectivity index (χ4n) is 3.07. The number of rotatable bonds is 3. The highest BCUT2D eigenvalue weighted by Crippen LogP contribution is 2.37. The molecule has 0 amide bonds. The summed E-state index contributed by atoms with van der Waals surface area (Å²) in [4.78, 5) is 0. The third-order valence-corrected chi connectivity index (χ3v) is 4.29. The number of benzene rings is 2. The predicted octanol–water partition coefficient (Wildman–Crippen LogP) is 5.68. The van der Waals surface area contributed by atoms with E-state index in [4.69, 9.17) is 0 Å². The van der Waals surface area contributed by atoms with Gasteiger partial charge in [-0.15, -0.1) is 0 Å². The lowest BCUT2D eigenvalue weighted by Gasteiger charge is -2.11. The molecule has 0 fully saturated rings. The summed E-state index contributed by atoms with van der Waals surface area (Å²) in [5.41, 5.74) is 8.25. The Labute approximate surface area is 127 Å². The van der Waals surface area contributed by atoms with Crippen molar-refractivity contribution in [2.45, 2.75) is 33.1 Å². The van der Waals surface area contributed by atoms with Crippen LogP contribution < -0.4 is 0 Å². The molecule has 0 nitrogen and oxygen atoms in total. The molecule has 0 heterocycles. The fraction of sp³-hybridized carbons (Fsp3) is 0.238. The van der Waals surface area contributed by atoms with E-state index in [0.717, 1.165) is 6.42 Å². The summed E-state index contributed by atoms with van der Waals surface area (Å²) in [5.74, 6) is 0.421. The molecule has 0 aromatic heterocycles. The van der Waals surface area contributed by atoms with Gasteiger partial charge in [0.05, 0.1) is 0 Å². The van der Waals surface area contributed by atoms with E-state index in [1.165, 1.54) is 33.4 Å². The third kappa shape index (κ3) is 2.85. The van der Waals surface area contributed by atoms with Crippen molar-refractivity contribution in [3.63, 3.8) is 0 Å². The standard InChI is InChI=1S/C21H22/c1-4-17-8-6-9-18(13-17)20-12-16(3)21(14-20)19-10-5-7-15(2)11-19/h5-14,21H,4H2,1-3H3. The van der Waals surface area contributed by atoms with Gasteiger partial charge in [-0.3, -0.25) is 0 Å². The molecule has 0 radical (unpaired) electrons.